The van der Waals surface area contributed by atoms with E-state index in [1.54, 1.807) is 6.92 Å². The summed E-state index contributed by atoms with van der Waals surface area (Å²) in [6.45, 7) is 1.74. The van der Waals surface area contributed by atoms with E-state index in [-0.39, 0.29) is 0 Å². The van der Waals surface area contributed by atoms with Crippen molar-refractivity contribution < 1.29 is 9.53 Å². The van der Waals surface area contributed by atoms with Gasteiger partial charge in [0.25, 0.3) is 0 Å². The van der Waals surface area contributed by atoms with Gasteiger partial charge < -0.3 is 4.74 Å². The Kier molecular flexibility index (Phi) is 3.37. The van der Waals surface area contributed by atoms with E-state index < -0.39 is 12.0 Å². The molecule has 0 rings (SSSR count). The van der Waals surface area contributed by atoms with Crippen molar-refractivity contribution in [3.63, 3.8) is 0 Å². The van der Waals surface area contributed by atoms with Crippen molar-refractivity contribution in [1.29, 1.82) is 5.39 Å². The first-order valence-corrected chi connectivity index (χ1v) is 2.68. The standard InChI is InChI=1S/C5H9N2O2/c1-3-4(7-6)5(8)9-2/h4H,3H2,1-2H3/q+1. The highest BCUT2D eigenvalue weighted by Crippen LogP contribution is 1.97. The number of rotatable bonds is 2. The minimum Gasteiger partial charge on any atom is -0.463 e. The summed E-state index contributed by atoms with van der Waals surface area (Å²) in [5.74, 6) is -0.500. The summed E-state index contributed by atoms with van der Waals surface area (Å²) in [4.78, 5) is 13.3. The Morgan fingerprint density at radius 1 is 1.89 bits per heavy atom. The number of hydrogen-bond acceptors (Lipinski definition) is 3. The number of ether oxygens (including phenoxy) is 1. The number of diazo groups is 1. The second-order valence-electron chi connectivity index (χ2n) is 1.56. The van der Waals surface area contributed by atoms with Crippen LogP contribution in [0.2, 0.25) is 0 Å². The van der Waals surface area contributed by atoms with E-state index in [1.807, 2.05) is 0 Å². The van der Waals surface area contributed by atoms with Crippen LogP contribution in [0.15, 0.2) is 0 Å². The monoisotopic (exact) mass is 129 g/mol. The number of methoxy groups -OCH3 is 1. The Morgan fingerprint density at radius 2 is 2.44 bits per heavy atom. The number of carbonyl (C=O) groups is 1. The van der Waals surface area contributed by atoms with Gasteiger partial charge in [-0.2, -0.15) is 0 Å². The lowest BCUT2D eigenvalue weighted by atomic mass is 10.2. The molecule has 0 bridgehead atoms. The second kappa shape index (κ2) is 3.84. The van der Waals surface area contributed by atoms with Gasteiger partial charge in [0.2, 0.25) is 5.39 Å². The van der Waals surface area contributed by atoms with Gasteiger partial charge in [-0.3, -0.25) is 0 Å². The number of carbonyl (C=O) groups excluding carboxylic acids is 1. The molecule has 0 heterocycles. The molecule has 0 fully saturated rings. The van der Waals surface area contributed by atoms with Crippen molar-refractivity contribution in [3.8, 4) is 0 Å². The van der Waals surface area contributed by atoms with Gasteiger partial charge in [-0.25, -0.2) is 4.79 Å². The first kappa shape index (κ1) is 7.89. The normalized spacial score (nSPS) is 11.7. The highest BCUT2D eigenvalue weighted by molar-refractivity contribution is 5.77. The fourth-order valence-electron chi connectivity index (χ4n) is 0.431. The van der Waals surface area contributed by atoms with Crippen LogP contribution in [-0.2, 0) is 9.53 Å². The topological polar surface area (TPSA) is 54.5 Å². The van der Waals surface area contributed by atoms with Gasteiger partial charge in [0.1, 0.15) is 4.98 Å². The minimum absolute atomic E-state index is 0.461. The van der Waals surface area contributed by atoms with Crippen LogP contribution in [0.4, 0.5) is 0 Å². The van der Waals surface area contributed by atoms with E-state index in [0.717, 1.165) is 0 Å². The zero-order valence-electron chi connectivity index (χ0n) is 5.50. The highest BCUT2D eigenvalue weighted by atomic mass is 16.5. The third-order valence-corrected chi connectivity index (χ3v) is 0.999. The molecule has 1 unspecified atom stereocenters. The van der Waals surface area contributed by atoms with E-state index in [4.69, 9.17) is 5.39 Å². The SMILES string of the molecule is CCC([N+]#N)C(=O)OC. The maximum atomic E-state index is 10.5. The molecule has 0 aromatic heterocycles. The maximum absolute atomic E-state index is 10.5. The van der Waals surface area contributed by atoms with Crippen LogP contribution >= 0.6 is 0 Å². The fourth-order valence-corrected chi connectivity index (χ4v) is 0.431. The molecule has 0 radical (unpaired) electrons. The molecule has 50 valence electrons. The van der Waals surface area contributed by atoms with Gasteiger partial charge in [0.05, 0.1) is 7.11 Å². The summed E-state index contributed by atoms with van der Waals surface area (Å²) in [7, 11) is 1.26. The number of nitrogens with zero attached hydrogens (tertiary/aromatic N) is 2. The maximum Gasteiger partial charge on any atom is 0.407 e. The molecular formula is C5H9N2O2+. The quantitative estimate of drug-likeness (QED) is 0.409. The van der Waals surface area contributed by atoms with Crippen molar-refractivity contribution in [1.82, 2.24) is 0 Å². The Hall–Kier alpha value is -1.11. The lowest BCUT2D eigenvalue weighted by Crippen LogP contribution is -2.16. The van der Waals surface area contributed by atoms with Gasteiger partial charge in [0.15, 0.2) is 0 Å². The van der Waals surface area contributed by atoms with Crippen LogP contribution in [0.25, 0.3) is 4.98 Å². The molecule has 0 aliphatic carbocycles. The van der Waals surface area contributed by atoms with Crippen LogP contribution in [0, 0.1) is 5.39 Å². The zero-order valence-corrected chi connectivity index (χ0v) is 5.50. The van der Waals surface area contributed by atoms with Crippen LogP contribution in [0.5, 0.6) is 0 Å². The van der Waals surface area contributed by atoms with Crippen molar-refractivity contribution in [2.24, 2.45) is 0 Å². The first-order valence-electron chi connectivity index (χ1n) is 2.68. The predicted molar refractivity (Wildman–Crippen MR) is 31.2 cm³/mol. The van der Waals surface area contributed by atoms with E-state index in [2.05, 4.69) is 9.71 Å². The van der Waals surface area contributed by atoms with E-state index in [9.17, 15) is 4.79 Å². The summed E-state index contributed by atoms with van der Waals surface area (Å²) >= 11 is 0. The van der Waals surface area contributed by atoms with Crippen molar-refractivity contribution in [2.75, 3.05) is 7.11 Å². The number of esters is 1. The smallest absolute Gasteiger partial charge is 0.407 e. The molecule has 0 amide bonds. The van der Waals surface area contributed by atoms with Crippen molar-refractivity contribution in [2.45, 2.75) is 19.4 Å². The number of hydrogen-bond donors (Lipinski definition) is 0. The molecule has 4 heteroatoms. The average Bonchev–Trinajstić information content (AvgIpc) is 1.90. The Morgan fingerprint density at radius 3 is 2.56 bits per heavy atom. The lowest BCUT2D eigenvalue weighted by molar-refractivity contribution is -0.141. The third kappa shape index (κ3) is 2.08. The predicted octanol–water partition coefficient (Wildman–Crippen LogP) is 0.791. The summed E-state index contributed by atoms with van der Waals surface area (Å²) in [5.41, 5.74) is 0. The summed E-state index contributed by atoms with van der Waals surface area (Å²) < 4.78 is 4.30. The molecule has 0 aliphatic rings. The zero-order chi connectivity index (χ0) is 7.28. The fraction of sp³-hybridized carbons (Fsp3) is 0.800. The van der Waals surface area contributed by atoms with Crippen LogP contribution in [0.3, 0.4) is 0 Å². The lowest BCUT2D eigenvalue weighted by Gasteiger charge is -1.90. The van der Waals surface area contributed by atoms with Gasteiger partial charge in [-0.1, -0.05) is 6.92 Å². The largest absolute Gasteiger partial charge is 0.463 e. The molecule has 1 atom stereocenters. The molecule has 0 N–H and O–H groups in total. The molecule has 0 aromatic rings. The third-order valence-electron chi connectivity index (χ3n) is 0.999. The van der Waals surface area contributed by atoms with Crippen LogP contribution in [-0.4, -0.2) is 19.1 Å². The molecule has 0 saturated carbocycles. The van der Waals surface area contributed by atoms with E-state index in [1.165, 1.54) is 7.11 Å². The van der Waals surface area contributed by atoms with Gasteiger partial charge in [-0.15, -0.1) is 0 Å². The van der Waals surface area contributed by atoms with Crippen molar-refractivity contribution >= 4 is 5.97 Å². The Bertz CT molecular complexity index is 138. The van der Waals surface area contributed by atoms with Crippen LogP contribution in [0.1, 0.15) is 13.3 Å². The molecule has 0 aliphatic heterocycles. The average molecular weight is 129 g/mol. The second-order valence-corrected chi connectivity index (χ2v) is 1.56. The van der Waals surface area contributed by atoms with E-state index >= 15 is 0 Å². The summed E-state index contributed by atoms with van der Waals surface area (Å²) in [6, 6.07) is -0.713. The minimum atomic E-state index is -0.713. The molecule has 0 spiro atoms. The molecule has 4 nitrogen and oxygen atoms in total. The summed E-state index contributed by atoms with van der Waals surface area (Å²) in [5, 5.41) is 8.15. The highest BCUT2D eigenvalue weighted by Gasteiger charge is 2.28. The van der Waals surface area contributed by atoms with Crippen LogP contribution < -0.4 is 0 Å². The summed E-state index contributed by atoms with van der Waals surface area (Å²) in [6.07, 6.45) is 0.461. The molecular weight excluding hydrogens is 120 g/mol. The molecule has 0 aromatic carbocycles. The van der Waals surface area contributed by atoms with Gasteiger partial charge >= 0.3 is 12.0 Å². The Balaban J connectivity index is 3.84. The van der Waals surface area contributed by atoms with E-state index in [0.29, 0.717) is 6.42 Å². The Labute approximate surface area is 53.4 Å². The first-order chi connectivity index (χ1) is 4.26. The van der Waals surface area contributed by atoms with Crippen molar-refractivity contribution in [3.05, 3.63) is 4.98 Å². The molecule has 0 saturated heterocycles. The van der Waals surface area contributed by atoms with Gasteiger partial charge in [-0.05, 0) is 0 Å². The van der Waals surface area contributed by atoms with Gasteiger partial charge in [0, 0.05) is 6.42 Å². The molecule has 9 heavy (non-hydrogen) atoms.